The molecule has 5 nitrogen and oxygen atoms in total. The van der Waals surface area contributed by atoms with Gasteiger partial charge in [0.2, 0.25) is 11.8 Å². The monoisotopic (exact) mass is 380 g/mol. The summed E-state index contributed by atoms with van der Waals surface area (Å²) >= 11 is 6.12. The normalized spacial score (nSPS) is 13.5. The second-order valence-electron chi connectivity index (χ2n) is 6.10. The van der Waals surface area contributed by atoms with Gasteiger partial charge in [0, 0.05) is 12.6 Å². The van der Waals surface area contributed by atoms with E-state index in [-0.39, 0.29) is 11.8 Å². The van der Waals surface area contributed by atoms with Gasteiger partial charge in [-0.25, -0.2) is 0 Å². The molecule has 0 spiro atoms. The van der Waals surface area contributed by atoms with E-state index in [9.17, 15) is 4.79 Å². The van der Waals surface area contributed by atoms with Crippen molar-refractivity contribution in [2.45, 2.75) is 6.54 Å². The summed E-state index contributed by atoms with van der Waals surface area (Å²) in [5.41, 5.74) is 1.50. The van der Waals surface area contributed by atoms with Crippen LogP contribution in [0.5, 0.6) is 17.5 Å². The van der Waals surface area contributed by atoms with E-state index >= 15 is 0 Å². The topological polar surface area (TPSA) is 51.7 Å². The molecule has 2 aromatic carbocycles. The highest BCUT2D eigenvalue weighted by molar-refractivity contribution is 6.32. The van der Waals surface area contributed by atoms with Crippen LogP contribution in [-0.2, 0) is 6.54 Å². The van der Waals surface area contributed by atoms with Crippen molar-refractivity contribution in [3.05, 3.63) is 82.9 Å². The molecule has 3 aromatic rings. The predicted molar refractivity (Wildman–Crippen MR) is 102 cm³/mol. The van der Waals surface area contributed by atoms with Crippen molar-refractivity contribution in [1.29, 1.82) is 0 Å². The molecule has 4 rings (SSSR count). The number of para-hydroxylation sites is 1. The molecule has 0 saturated carbocycles. The van der Waals surface area contributed by atoms with Crippen LogP contribution >= 0.6 is 11.6 Å². The quantitative estimate of drug-likeness (QED) is 0.665. The molecule has 0 aliphatic carbocycles. The number of carbonyl (C=O) groups is 1. The second kappa shape index (κ2) is 7.68. The zero-order valence-electron chi connectivity index (χ0n) is 14.5. The number of amides is 1. The van der Waals surface area contributed by atoms with Crippen molar-refractivity contribution < 1.29 is 14.3 Å². The van der Waals surface area contributed by atoms with Crippen LogP contribution in [0.25, 0.3) is 0 Å². The van der Waals surface area contributed by atoms with E-state index < -0.39 is 0 Å². The Kier molecular flexibility index (Phi) is 4.94. The Bertz CT molecular complexity index is 963. The number of pyridine rings is 1. The van der Waals surface area contributed by atoms with Gasteiger partial charge < -0.3 is 14.4 Å². The maximum atomic E-state index is 12.9. The predicted octanol–water partition coefficient (Wildman–Crippen LogP) is 4.56. The Morgan fingerprint density at radius 1 is 1.04 bits per heavy atom. The van der Waals surface area contributed by atoms with Crippen molar-refractivity contribution >= 4 is 17.5 Å². The van der Waals surface area contributed by atoms with Crippen LogP contribution in [0.3, 0.4) is 0 Å². The number of hydrogen-bond acceptors (Lipinski definition) is 4. The first-order chi connectivity index (χ1) is 13.2. The first-order valence-corrected chi connectivity index (χ1v) is 8.98. The van der Waals surface area contributed by atoms with Crippen LogP contribution in [0, 0.1) is 0 Å². The Balaban J connectivity index is 1.56. The molecule has 0 saturated heterocycles. The highest BCUT2D eigenvalue weighted by Gasteiger charge is 2.25. The molecule has 1 aliphatic heterocycles. The van der Waals surface area contributed by atoms with Gasteiger partial charge in [0.25, 0.3) is 5.91 Å². The first kappa shape index (κ1) is 17.4. The Morgan fingerprint density at radius 2 is 1.81 bits per heavy atom. The number of rotatable bonds is 4. The van der Waals surface area contributed by atoms with Gasteiger partial charge in [-0.1, -0.05) is 54.1 Å². The summed E-state index contributed by atoms with van der Waals surface area (Å²) < 4.78 is 11.4. The molecular weight excluding hydrogens is 364 g/mol. The van der Waals surface area contributed by atoms with Gasteiger partial charge in [0.15, 0.2) is 0 Å². The van der Waals surface area contributed by atoms with E-state index in [1.54, 1.807) is 29.2 Å². The van der Waals surface area contributed by atoms with E-state index in [2.05, 4.69) is 4.98 Å². The van der Waals surface area contributed by atoms with E-state index in [1.165, 1.54) is 0 Å². The van der Waals surface area contributed by atoms with Crippen LogP contribution in [-0.4, -0.2) is 28.9 Å². The number of carbonyl (C=O) groups excluding carboxylic acids is 1. The van der Waals surface area contributed by atoms with E-state index in [1.807, 2.05) is 42.5 Å². The zero-order valence-corrected chi connectivity index (χ0v) is 15.2. The smallest absolute Gasteiger partial charge is 0.259 e. The standard InChI is InChI=1S/C21H17ClN2O3/c22-17-8-4-5-9-18(17)27-19-11-10-16-20(23-19)26-13-12-24(21(16)25)14-15-6-2-1-3-7-15/h1-11H,12-14H2. The number of ether oxygens (including phenoxy) is 2. The minimum atomic E-state index is -0.108. The van der Waals surface area contributed by atoms with Crippen LogP contribution in [0.4, 0.5) is 0 Å². The molecule has 27 heavy (non-hydrogen) atoms. The summed E-state index contributed by atoms with van der Waals surface area (Å²) in [5.74, 6) is 0.992. The number of nitrogens with zero attached hydrogens (tertiary/aromatic N) is 2. The van der Waals surface area contributed by atoms with Crippen molar-refractivity contribution in [2.75, 3.05) is 13.2 Å². The second-order valence-corrected chi connectivity index (χ2v) is 6.50. The Morgan fingerprint density at radius 3 is 2.63 bits per heavy atom. The molecule has 0 fully saturated rings. The van der Waals surface area contributed by atoms with E-state index in [0.29, 0.717) is 41.9 Å². The lowest BCUT2D eigenvalue weighted by molar-refractivity contribution is 0.0743. The largest absolute Gasteiger partial charge is 0.475 e. The van der Waals surface area contributed by atoms with Crippen LogP contribution in [0.1, 0.15) is 15.9 Å². The van der Waals surface area contributed by atoms with Crippen molar-refractivity contribution in [2.24, 2.45) is 0 Å². The summed E-state index contributed by atoms with van der Waals surface area (Å²) in [6, 6.07) is 20.3. The lowest BCUT2D eigenvalue weighted by Crippen LogP contribution is -2.31. The van der Waals surface area contributed by atoms with Gasteiger partial charge in [-0.2, -0.15) is 4.98 Å². The molecule has 2 heterocycles. The van der Waals surface area contributed by atoms with Gasteiger partial charge in [-0.15, -0.1) is 0 Å². The van der Waals surface area contributed by atoms with E-state index in [0.717, 1.165) is 5.56 Å². The molecular formula is C21H17ClN2O3. The van der Waals surface area contributed by atoms with Gasteiger partial charge in [0.1, 0.15) is 17.9 Å². The lowest BCUT2D eigenvalue weighted by Gasteiger charge is -2.19. The average molecular weight is 381 g/mol. The number of aromatic nitrogens is 1. The third-order valence-corrected chi connectivity index (χ3v) is 4.53. The molecule has 136 valence electrons. The maximum Gasteiger partial charge on any atom is 0.259 e. The molecule has 6 heteroatoms. The summed E-state index contributed by atoms with van der Waals surface area (Å²) in [7, 11) is 0. The number of hydrogen-bond donors (Lipinski definition) is 0. The maximum absolute atomic E-state index is 12.9. The fourth-order valence-electron chi connectivity index (χ4n) is 2.87. The highest BCUT2D eigenvalue weighted by atomic mass is 35.5. The van der Waals surface area contributed by atoms with Crippen molar-refractivity contribution in [3.63, 3.8) is 0 Å². The molecule has 0 bridgehead atoms. The molecule has 1 amide bonds. The van der Waals surface area contributed by atoms with Gasteiger partial charge in [0.05, 0.1) is 11.6 Å². The van der Waals surface area contributed by atoms with Gasteiger partial charge >= 0.3 is 0 Å². The van der Waals surface area contributed by atoms with Gasteiger partial charge in [-0.3, -0.25) is 4.79 Å². The van der Waals surface area contributed by atoms with Crippen molar-refractivity contribution in [1.82, 2.24) is 9.88 Å². The van der Waals surface area contributed by atoms with E-state index in [4.69, 9.17) is 21.1 Å². The number of fused-ring (bicyclic) bond motifs is 1. The molecule has 1 aliphatic rings. The molecule has 0 unspecified atom stereocenters. The summed E-state index contributed by atoms with van der Waals surface area (Å²) in [5, 5.41) is 0.486. The van der Waals surface area contributed by atoms with Crippen LogP contribution in [0.15, 0.2) is 66.7 Å². The minimum absolute atomic E-state index is 0.108. The molecule has 0 N–H and O–H groups in total. The Hall–Kier alpha value is -3.05. The number of benzene rings is 2. The highest BCUT2D eigenvalue weighted by Crippen LogP contribution is 2.31. The Labute approximate surface area is 162 Å². The fourth-order valence-corrected chi connectivity index (χ4v) is 3.05. The number of halogens is 1. The first-order valence-electron chi connectivity index (χ1n) is 8.60. The fraction of sp³-hybridized carbons (Fsp3) is 0.143. The zero-order chi connectivity index (χ0) is 18.6. The third-order valence-electron chi connectivity index (χ3n) is 4.22. The summed E-state index contributed by atoms with van der Waals surface area (Å²) in [4.78, 5) is 19.0. The lowest BCUT2D eigenvalue weighted by atomic mass is 10.2. The SMILES string of the molecule is O=C1c2ccc(Oc3ccccc3Cl)nc2OCCN1Cc1ccccc1. The summed E-state index contributed by atoms with van der Waals surface area (Å²) in [6.45, 7) is 1.39. The summed E-state index contributed by atoms with van der Waals surface area (Å²) in [6.07, 6.45) is 0. The van der Waals surface area contributed by atoms with Gasteiger partial charge in [-0.05, 0) is 23.8 Å². The average Bonchev–Trinajstić information content (AvgIpc) is 2.84. The van der Waals surface area contributed by atoms with Crippen molar-refractivity contribution in [3.8, 4) is 17.5 Å². The molecule has 1 aromatic heterocycles. The minimum Gasteiger partial charge on any atom is -0.475 e. The van der Waals surface area contributed by atoms with Crippen LogP contribution < -0.4 is 9.47 Å². The molecule has 0 atom stereocenters. The third kappa shape index (κ3) is 3.88. The van der Waals surface area contributed by atoms with Crippen LogP contribution in [0.2, 0.25) is 5.02 Å². The molecule has 0 radical (unpaired) electrons.